The first kappa shape index (κ1) is 89.5. The molecule has 0 aromatic carbocycles. The highest BCUT2D eigenvalue weighted by Crippen LogP contribution is 2.45. The summed E-state index contributed by atoms with van der Waals surface area (Å²) in [7, 11) is -9.96. The molecule has 0 aromatic rings. The Morgan fingerprint density at radius 1 is 0.309 bits per heavy atom. The number of aliphatic hydroxyl groups is 1. The monoisotopic (exact) mass is 1360 g/mol. The summed E-state index contributed by atoms with van der Waals surface area (Å²) in [5.74, 6) is -2.31. The summed E-state index contributed by atoms with van der Waals surface area (Å²) < 4.78 is 68.1. The fourth-order valence-electron chi connectivity index (χ4n) is 8.89. The number of hydrogen-bond acceptors (Lipinski definition) is 15. The summed E-state index contributed by atoms with van der Waals surface area (Å²) >= 11 is 0. The third kappa shape index (κ3) is 66.1. The van der Waals surface area contributed by atoms with E-state index in [-0.39, 0.29) is 25.7 Å². The van der Waals surface area contributed by atoms with Gasteiger partial charge in [0.25, 0.3) is 0 Å². The lowest BCUT2D eigenvalue weighted by molar-refractivity contribution is -0.161. The number of phosphoric acid groups is 2. The minimum absolute atomic E-state index is 0.0323. The van der Waals surface area contributed by atoms with Crippen molar-refractivity contribution in [1.29, 1.82) is 0 Å². The van der Waals surface area contributed by atoms with Crippen LogP contribution in [0.2, 0.25) is 0 Å². The molecular formula is C75H126O17P2. The zero-order valence-corrected chi connectivity index (χ0v) is 60.1. The average Bonchev–Trinajstić information content (AvgIpc) is 1.24. The van der Waals surface area contributed by atoms with Crippen LogP contribution in [0.5, 0.6) is 0 Å². The van der Waals surface area contributed by atoms with E-state index in [1.54, 1.807) is 0 Å². The molecule has 17 nitrogen and oxygen atoms in total. The van der Waals surface area contributed by atoms with E-state index < -0.39 is 97.5 Å². The van der Waals surface area contributed by atoms with Crippen molar-refractivity contribution >= 4 is 39.5 Å². The second-order valence-corrected chi connectivity index (χ2v) is 26.3. The quantitative estimate of drug-likeness (QED) is 0.0169. The Bertz CT molecular complexity index is 2270. The van der Waals surface area contributed by atoms with Crippen molar-refractivity contribution in [2.24, 2.45) is 0 Å². The third-order valence-electron chi connectivity index (χ3n) is 14.4. The van der Waals surface area contributed by atoms with Crippen LogP contribution in [0, 0.1) is 0 Å². The maximum atomic E-state index is 13.0. The molecule has 0 saturated carbocycles. The molecule has 5 unspecified atom stereocenters. The molecule has 0 saturated heterocycles. The molecule has 0 spiro atoms. The maximum absolute atomic E-state index is 13.0. The van der Waals surface area contributed by atoms with Crippen molar-refractivity contribution in [2.45, 2.75) is 290 Å². The van der Waals surface area contributed by atoms with Gasteiger partial charge in [-0.3, -0.25) is 37.3 Å². The maximum Gasteiger partial charge on any atom is 0.472 e. The van der Waals surface area contributed by atoms with Gasteiger partial charge in [-0.1, -0.05) is 239 Å². The van der Waals surface area contributed by atoms with Crippen LogP contribution < -0.4 is 0 Å². The van der Waals surface area contributed by atoms with Crippen LogP contribution in [0.4, 0.5) is 0 Å². The fraction of sp³-hybridized carbons (Fsp3) is 0.680. The lowest BCUT2D eigenvalue weighted by atomic mass is 10.1. The highest BCUT2D eigenvalue weighted by atomic mass is 31.2. The average molecular weight is 1360 g/mol. The van der Waals surface area contributed by atoms with Crippen molar-refractivity contribution in [3.05, 3.63) is 122 Å². The van der Waals surface area contributed by atoms with Crippen LogP contribution in [0.3, 0.4) is 0 Å². The van der Waals surface area contributed by atoms with Gasteiger partial charge in [0.15, 0.2) is 12.2 Å². The molecule has 0 aliphatic heterocycles. The second-order valence-electron chi connectivity index (χ2n) is 23.4. The summed E-state index contributed by atoms with van der Waals surface area (Å²) in [6, 6.07) is 0. The molecule has 94 heavy (non-hydrogen) atoms. The minimum atomic E-state index is -4.99. The Hall–Kier alpha value is -4.54. The summed E-state index contributed by atoms with van der Waals surface area (Å²) in [4.78, 5) is 72.5. The molecule has 0 bridgehead atoms. The third-order valence-corrected chi connectivity index (χ3v) is 16.3. The first-order valence-corrected chi connectivity index (χ1v) is 38.8. The lowest BCUT2D eigenvalue weighted by Gasteiger charge is -2.21. The minimum Gasteiger partial charge on any atom is -0.462 e. The van der Waals surface area contributed by atoms with Gasteiger partial charge in [0.05, 0.1) is 26.4 Å². The SMILES string of the molecule is CC/C=C\C/C=C\C/C=C\C/C=C\C/C=C\C/C=C\CCC(=O)OCC(COP(=O)(O)OCC(O)COP(=O)(O)OCC(COC(=O)CCCCCCC/C=C\C/C=C\CCC)OC(=O)CCCCCCC/C=C\CCCC)OC(=O)CCCCCCC/C=C\CCCC. The van der Waals surface area contributed by atoms with Crippen LogP contribution in [0.15, 0.2) is 122 Å². The summed E-state index contributed by atoms with van der Waals surface area (Å²) in [5.41, 5.74) is 0. The van der Waals surface area contributed by atoms with Crippen molar-refractivity contribution in [3.63, 3.8) is 0 Å². The van der Waals surface area contributed by atoms with Crippen LogP contribution in [0.1, 0.15) is 272 Å². The molecule has 5 atom stereocenters. The number of carbonyl (C=O) groups excluding carboxylic acids is 4. The van der Waals surface area contributed by atoms with E-state index in [1.165, 1.54) is 25.7 Å². The van der Waals surface area contributed by atoms with Crippen molar-refractivity contribution in [3.8, 4) is 0 Å². The zero-order valence-electron chi connectivity index (χ0n) is 58.3. The zero-order chi connectivity index (χ0) is 69.0. The van der Waals surface area contributed by atoms with Crippen molar-refractivity contribution in [2.75, 3.05) is 39.6 Å². The Labute approximate surface area is 568 Å². The first-order chi connectivity index (χ1) is 45.7. The molecular weight excluding hydrogens is 1230 g/mol. The molecule has 0 aliphatic carbocycles. The van der Waals surface area contributed by atoms with Crippen LogP contribution in [-0.4, -0.2) is 96.7 Å². The molecule has 19 heteroatoms. The van der Waals surface area contributed by atoms with Crippen LogP contribution in [0.25, 0.3) is 0 Å². The van der Waals surface area contributed by atoms with Gasteiger partial charge in [-0.05, 0) is 128 Å². The normalized spacial score (nSPS) is 14.8. The second kappa shape index (κ2) is 67.0. The van der Waals surface area contributed by atoms with Gasteiger partial charge in [0.1, 0.15) is 19.3 Å². The summed E-state index contributed by atoms with van der Waals surface area (Å²) in [6.07, 6.45) is 70.9. The Morgan fingerprint density at radius 2 is 0.596 bits per heavy atom. The van der Waals surface area contributed by atoms with Crippen molar-refractivity contribution in [1.82, 2.24) is 0 Å². The van der Waals surface area contributed by atoms with Gasteiger partial charge < -0.3 is 33.8 Å². The fourth-order valence-corrected chi connectivity index (χ4v) is 10.5. The largest absolute Gasteiger partial charge is 0.472 e. The number of phosphoric ester groups is 2. The Balaban J connectivity index is 5.37. The highest BCUT2D eigenvalue weighted by molar-refractivity contribution is 7.47. The first-order valence-electron chi connectivity index (χ1n) is 35.8. The Kier molecular flexibility index (Phi) is 63.8. The number of aliphatic hydroxyl groups excluding tert-OH is 1. The molecule has 0 heterocycles. The van der Waals surface area contributed by atoms with Gasteiger partial charge in [0, 0.05) is 25.7 Å². The lowest BCUT2D eigenvalue weighted by Crippen LogP contribution is -2.30. The number of allylic oxidation sites excluding steroid dienone is 20. The van der Waals surface area contributed by atoms with Crippen LogP contribution >= 0.6 is 15.6 Å². The number of carbonyl (C=O) groups is 4. The number of ether oxygens (including phenoxy) is 4. The van der Waals surface area contributed by atoms with E-state index in [0.29, 0.717) is 32.1 Å². The molecule has 0 fully saturated rings. The van der Waals surface area contributed by atoms with E-state index in [9.17, 15) is 43.2 Å². The van der Waals surface area contributed by atoms with Crippen LogP contribution in [-0.2, 0) is 65.4 Å². The number of hydrogen-bond donors (Lipinski definition) is 3. The molecule has 0 aliphatic rings. The van der Waals surface area contributed by atoms with E-state index in [1.807, 2.05) is 18.2 Å². The summed E-state index contributed by atoms with van der Waals surface area (Å²) in [6.45, 7) is 4.46. The van der Waals surface area contributed by atoms with Gasteiger partial charge in [0.2, 0.25) is 0 Å². The van der Waals surface area contributed by atoms with E-state index >= 15 is 0 Å². The smallest absolute Gasteiger partial charge is 0.462 e. The topological polar surface area (TPSA) is 237 Å². The molecule has 538 valence electrons. The predicted octanol–water partition coefficient (Wildman–Crippen LogP) is 20.0. The van der Waals surface area contributed by atoms with Crippen molar-refractivity contribution < 1.29 is 80.2 Å². The molecule has 0 radical (unpaired) electrons. The highest BCUT2D eigenvalue weighted by Gasteiger charge is 2.30. The van der Waals surface area contributed by atoms with E-state index in [0.717, 1.165) is 161 Å². The molecule has 3 N–H and O–H groups in total. The number of esters is 4. The standard InChI is InChI=1S/C75H126O17P2/c1-5-9-13-17-21-25-29-31-32-33-34-35-36-38-42-44-48-52-56-60-73(78)86-66-71(92-75(80)62-58-54-50-46-40-28-24-20-16-12-8-4)68-90-94(83,84)88-64-69(76)63-87-93(81,82)89-67-70(91-74(79)61-57-53-49-45-39-27-23-19-15-11-7-3)65-85-72(77)59-55-51-47-43-41-37-30-26-22-18-14-10-6-2/h9,13-14,18-21,23-26,30-32,34-35,38,42,48,52,69-71,76H,5-8,10-12,15-17,22,27-29,33,36-37,39-41,43-47,49-51,53-68H2,1-4H3,(H,81,82)(H,83,84)/b13-9-,18-14-,23-19-,24-20-,25-21-,30-26-,32-31-,35-34-,42-38-,52-48-. The van der Waals surface area contributed by atoms with Gasteiger partial charge in [-0.15, -0.1) is 0 Å². The molecule has 0 aromatic heterocycles. The van der Waals surface area contributed by atoms with E-state index in [4.69, 9.17) is 37.0 Å². The number of rotatable bonds is 66. The molecule has 0 amide bonds. The molecule has 0 rings (SSSR count). The number of unbranched alkanes of at least 4 members (excludes halogenated alkanes) is 20. The van der Waals surface area contributed by atoms with E-state index in [2.05, 4.69) is 131 Å². The van der Waals surface area contributed by atoms with Gasteiger partial charge in [-0.25, -0.2) is 9.13 Å². The van der Waals surface area contributed by atoms with Gasteiger partial charge in [-0.2, -0.15) is 0 Å². The Morgan fingerprint density at radius 3 is 0.968 bits per heavy atom. The van der Waals surface area contributed by atoms with Gasteiger partial charge >= 0.3 is 39.5 Å². The predicted molar refractivity (Wildman–Crippen MR) is 381 cm³/mol. The summed E-state index contributed by atoms with van der Waals surface area (Å²) in [5, 5.41) is 10.6.